The van der Waals surface area contributed by atoms with Crippen LogP contribution in [0, 0.1) is 12.3 Å². The Labute approximate surface area is 153 Å². The molecule has 0 spiro atoms. The van der Waals surface area contributed by atoms with Crippen LogP contribution in [0.15, 0.2) is 41.4 Å². The molecule has 26 heavy (non-hydrogen) atoms. The van der Waals surface area contributed by atoms with Crippen LogP contribution in [0.1, 0.15) is 10.4 Å². The molecule has 0 saturated heterocycles. The lowest BCUT2D eigenvalue weighted by Crippen LogP contribution is -2.16. The number of hydrogen-bond donors (Lipinski definition) is 0. The fourth-order valence-electron chi connectivity index (χ4n) is 2.67. The Morgan fingerprint density at radius 1 is 1.31 bits per heavy atom. The Morgan fingerprint density at radius 2 is 2.04 bits per heavy atom. The van der Waals surface area contributed by atoms with Gasteiger partial charge in [0.25, 0.3) is 5.91 Å². The predicted molar refractivity (Wildman–Crippen MR) is 97.7 cm³/mol. The van der Waals surface area contributed by atoms with E-state index in [2.05, 4.69) is 10.9 Å². The van der Waals surface area contributed by atoms with Crippen molar-refractivity contribution in [3.63, 3.8) is 0 Å². The number of ether oxygens (including phenoxy) is 3. The third kappa shape index (κ3) is 2.80. The van der Waals surface area contributed by atoms with E-state index < -0.39 is 0 Å². The van der Waals surface area contributed by atoms with Crippen molar-refractivity contribution in [3.05, 3.63) is 46.8 Å². The molecule has 1 aliphatic rings. The number of aromatic nitrogens is 1. The molecule has 1 aromatic heterocycles. The van der Waals surface area contributed by atoms with E-state index in [4.69, 9.17) is 20.6 Å². The number of hydrogen-bond acceptors (Lipinski definition) is 5. The number of benzene rings is 2. The first-order chi connectivity index (χ1) is 12.7. The number of nitrogens with zero attached hydrogens (tertiary/aromatic N) is 2. The van der Waals surface area contributed by atoms with E-state index in [-0.39, 0.29) is 12.7 Å². The topological polar surface area (TPSA) is 62.1 Å². The van der Waals surface area contributed by atoms with Gasteiger partial charge in [-0.2, -0.15) is 4.99 Å². The van der Waals surface area contributed by atoms with Gasteiger partial charge in [-0.3, -0.25) is 4.79 Å². The van der Waals surface area contributed by atoms with Gasteiger partial charge >= 0.3 is 0 Å². The standard InChI is InChI=1S/C19H14N2O4S/c1-3-8-21-14-9-15-16(25-11-24-15)10-17(14)26-19(21)20-18(22)12-4-6-13(23-2)7-5-12/h1,4-7,9-10H,8,11H2,2H3. The summed E-state index contributed by atoms with van der Waals surface area (Å²) in [7, 11) is 1.58. The largest absolute Gasteiger partial charge is 0.497 e. The van der Waals surface area contributed by atoms with E-state index in [1.54, 1.807) is 31.4 Å². The van der Waals surface area contributed by atoms with Gasteiger partial charge in [-0.25, -0.2) is 0 Å². The maximum atomic E-state index is 12.5. The SMILES string of the molecule is C#CCn1c(=NC(=O)c2ccc(OC)cc2)sc2cc3c(cc21)OCO3. The van der Waals surface area contributed by atoms with Crippen molar-refractivity contribution >= 4 is 27.5 Å². The Hall–Kier alpha value is -3.24. The van der Waals surface area contributed by atoms with Gasteiger partial charge in [0.15, 0.2) is 16.3 Å². The zero-order valence-corrected chi connectivity index (χ0v) is 14.7. The van der Waals surface area contributed by atoms with E-state index in [1.165, 1.54) is 11.3 Å². The molecule has 4 rings (SSSR count). The summed E-state index contributed by atoms with van der Waals surface area (Å²) in [5, 5.41) is 0. The third-order valence-corrected chi connectivity index (χ3v) is 5.00. The molecule has 6 nitrogen and oxygen atoms in total. The molecule has 0 bridgehead atoms. The molecule has 0 atom stereocenters. The molecule has 0 fully saturated rings. The van der Waals surface area contributed by atoms with Gasteiger partial charge in [0, 0.05) is 17.7 Å². The molecular weight excluding hydrogens is 352 g/mol. The molecule has 1 amide bonds. The minimum atomic E-state index is -0.343. The summed E-state index contributed by atoms with van der Waals surface area (Å²) in [5.41, 5.74) is 1.34. The summed E-state index contributed by atoms with van der Waals surface area (Å²) in [4.78, 5) is 17.3. The second-order valence-electron chi connectivity index (χ2n) is 5.49. The number of thiazole rings is 1. The second-order valence-corrected chi connectivity index (χ2v) is 6.50. The molecule has 0 N–H and O–H groups in total. The monoisotopic (exact) mass is 366 g/mol. The first kappa shape index (κ1) is 16.2. The van der Waals surface area contributed by atoms with Crippen molar-refractivity contribution in [2.24, 2.45) is 4.99 Å². The Bertz CT molecular complexity index is 1100. The highest BCUT2D eigenvalue weighted by atomic mass is 32.1. The normalized spacial score (nSPS) is 13.0. The van der Waals surface area contributed by atoms with Crippen LogP contribution in [-0.4, -0.2) is 24.4 Å². The van der Waals surface area contributed by atoms with Gasteiger partial charge in [-0.15, -0.1) is 6.42 Å². The van der Waals surface area contributed by atoms with Gasteiger partial charge in [-0.05, 0) is 24.3 Å². The van der Waals surface area contributed by atoms with E-state index >= 15 is 0 Å². The zero-order valence-electron chi connectivity index (χ0n) is 13.9. The molecule has 3 aromatic rings. The highest BCUT2D eigenvalue weighted by Crippen LogP contribution is 2.36. The van der Waals surface area contributed by atoms with Gasteiger partial charge < -0.3 is 18.8 Å². The summed E-state index contributed by atoms with van der Waals surface area (Å²) in [6.07, 6.45) is 5.50. The van der Waals surface area contributed by atoms with Crippen LogP contribution >= 0.6 is 11.3 Å². The number of rotatable bonds is 3. The first-order valence-corrected chi connectivity index (χ1v) is 8.61. The van der Waals surface area contributed by atoms with Crippen LogP contribution in [-0.2, 0) is 6.54 Å². The molecule has 7 heteroatoms. The van der Waals surface area contributed by atoms with Crippen molar-refractivity contribution in [1.29, 1.82) is 0 Å². The average molecular weight is 366 g/mol. The van der Waals surface area contributed by atoms with Gasteiger partial charge in [0.05, 0.1) is 23.9 Å². The van der Waals surface area contributed by atoms with Crippen LogP contribution in [0.3, 0.4) is 0 Å². The quantitative estimate of drug-likeness (QED) is 0.669. The lowest BCUT2D eigenvalue weighted by atomic mass is 10.2. The highest BCUT2D eigenvalue weighted by molar-refractivity contribution is 7.16. The molecule has 130 valence electrons. The minimum Gasteiger partial charge on any atom is -0.497 e. The molecule has 1 aliphatic heterocycles. The lowest BCUT2D eigenvalue weighted by Gasteiger charge is -2.02. The van der Waals surface area contributed by atoms with Gasteiger partial charge in [0.2, 0.25) is 6.79 Å². The number of methoxy groups -OCH3 is 1. The van der Waals surface area contributed by atoms with Crippen LogP contribution < -0.4 is 19.0 Å². The number of fused-ring (bicyclic) bond motifs is 2. The number of terminal acetylenes is 1. The number of amides is 1. The molecule has 0 unspecified atom stereocenters. The van der Waals surface area contributed by atoms with E-state index in [0.717, 1.165) is 10.2 Å². The van der Waals surface area contributed by atoms with Crippen molar-refractivity contribution in [1.82, 2.24) is 4.57 Å². The fraction of sp³-hybridized carbons (Fsp3) is 0.158. The van der Waals surface area contributed by atoms with Crippen molar-refractivity contribution < 1.29 is 19.0 Å². The predicted octanol–water partition coefficient (Wildman–Crippen LogP) is 2.81. The molecule has 2 heterocycles. The first-order valence-electron chi connectivity index (χ1n) is 7.79. The Kier molecular flexibility index (Phi) is 4.11. The highest BCUT2D eigenvalue weighted by Gasteiger charge is 2.18. The lowest BCUT2D eigenvalue weighted by molar-refractivity contribution is 0.0998. The molecule has 0 aliphatic carbocycles. The Morgan fingerprint density at radius 3 is 2.73 bits per heavy atom. The molecule has 0 saturated carbocycles. The average Bonchev–Trinajstić information content (AvgIpc) is 3.24. The van der Waals surface area contributed by atoms with Gasteiger partial charge in [-0.1, -0.05) is 17.3 Å². The maximum Gasteiger partial charge on any atom is 0.279 e. The summed E-state index contributed by atoms with van der Waals surface area (Å²) in [6.45, 7) is 0.503. The molecular formula is C19H14N2O4S. The van der Waals surface area contributed by atoms with Crippen LogP contribution in [0.2, 0.25) is 0 Å². The third-order valence-electron chi connectivity index (χ3n) is 3.96. The van der Waals surface area contributed by atoms with Gasteiger partial charge in [0.1, 0.15) is 5.75 Å². The van der Waals surface area contributed by atoms with Crippen molar-refractivity contribution in [2.45, 2.75) is 6.54 Å². The molecule has 0 radical (unpaired) electrons. The van der Waals surface area contributed by atoms with E-state index in [9.17, 15) is 4.79 Å². The van der Waals surface area contributed by atoms with Crippen molar-refractivity contribution in [2.75, 3.05) is 13.9 Å². The fourth-order valence-corrected chi connectivity index (χ4v) is 3.71. The minimum absolute atomic E-state index is 0.203. The van der Waals surface area contributed by atoms with E-state index in [1.807, 2.05) is 16.7 Å². The zero-order chi connectivity index (χ0) is 18.1. The Balaban J connectivity index is 1.81. The maximum absolute atomic E-state index is 12.5. The van der Waals surface area contributed by atoms with Crippen LogP contribution in [0.5, 0.6) is 17.2 Å². The number of carbonyl (C=O) groups is 1. The summed E-state index contributed by atoms with van der Waals surface area (Å²) in [6, 6.07) is 10.6. The summed E-state index contributed by atoms with van der Waals surface area (Å²) >= 11 is 1.38. The second kappa shape index (κ2) is 6.58. The molecule has 2 aromatic carbocycles. The summed E-state index contributed by atoms with van der Waals surface area (Å²) < 4.78 is 18.7. The van der Waals surface area contributed by atoms with Crippen LogP contribution in [0.25, 0.3) is 10.2 Å². The van der Waals surface area contributed by atoms with Crippen LogP contribution in [0.4, 0.5) is 0 Å². The number of carbonyl (C=O) groups excluding carboxylic acids is 1. The van der Waals surface area contributed by atoms with E-state index in [0.29, 0.717) is 34.2 Å². The van der Waals surface area contributed by atoms with Crippen molar-refractivity contribution in [3.8, 4) is 29.6 Å². The summed E-state index contributed by atoms with van der Waals surface area (Å²) in [5.74, 6) is 4.29. The smallest absolute Gasteiger partial charge is 0.279 e.